The van der Waals surface area contributed by atoms with Gasteiger partial charge in [-0.1, -0.05) is 6.07 Å². The summed E-state index contributed by atoms with van der Waals surface area (Å²) in [4.78, 5) is 10.4. The molecule has 0 unspecified atom stereocenters. The van der Waals surface area contributed by atoms with Crippen LogP contribution in [-0.4, -0.2) is 17.4 Å². The van der Waals surface area contributed by atoms with Crippen LogP contribution in [-0.2, 0) is 5.41 Å². The highest BCUT2D eigenvalue weighted by Gasteiger charge is 2.47. The highest BCUT2D eigenvalue weighted by Crippen LogP contribution is 2.47. The lowest BCUT2D eigenvalue weighted by Crippen LogP contribution is -2.43. The molecule has 1 aromatic rings. The molecule has 4 nitrogen and oxygen atoms in total. The van der Waals surface area contributed by atoms with Crippen LogP contribution in [0.2, 0.25) is 0 Å². The van der Waals surface area contributed by atoms with Crippen LogP contribution in [0.5, 0.6) is 0 Å². The molecule has 0 aromatic heterocycles. The van der Waals surface area contributed by atoms with E-state index in [0.717, 1.165) is 6.07 Å². The minimum absolute atomic E-state index is 0.0573. The Hall–Kier alpha value is -1.63. The molecule has 1 aliphatic rings. The summed E-state index contributed by atoms with van der Waals surface area (Å²) in [5, 5.41) is 11.1. The Morgan fingerprint density at radius 2 is 1.85 bits per heavy atom. The van der Waals surface area contributed by atoms with Gasteiger partial charge in [-0.15, -0.1) is 0 Å². The first-order chi connectivity index (χ1) is 9.31. The van der Waals surface area contributed by atoms with Crippen molar-refractivity contribution in [3.05, 3.63) is 39.7 Å². The molecule has 0 aliphatic heterocycles. The first kappa shape index (κ1) is 14.8. The van der Waals surface area contributed by atoms with Crippen LogP contribution in [0.3, 0.4) is 0 Å². The van der Waals surface area contributed by atoms with Crippen LogP contribution in [0.15, 0.2) is 18.2 Å². The van der Waals surface area contributed by atoms with Crippen molar-refractivity contribution in [2.24, 2.45) is 5.73 Å². The summed E-state index contributed by atoms with van der Waals surface area (Å²) in [7, 11) is 0. The molecule has 0 amide bonds. The second-order valence-electron chi connectivity index (χ2n) is 5.23. The molecule has 0 spiro atoms. The van der Waals surface area contributed by atoms with E-state index in [9.17, 15) is 23.3 Å². The molecule has 0 radical (unpaired) electrons. The fourth-order valence-corrected chi connectivity index (χ4v) is 2.84. The summed E-state index contributed by atoms with van der Waals surface area (Å²) >= 11 is 0. The second-order valence-corrected chi connectivity index (χ2v) is 5.23. The summed E-state index contributed by atoms with van der Waals surface area (Å²) in [5.74, 6) is -3.56. The highest BCUT2D eigenvalue weighted by atomic mass is 19.3. The molecule has 1 saturated carbocycles. The van der Waals surface area contributed by atoms with E-state index in [1.54, 1.807) is 0 Å². The Labute approximate surface area is 113 Å². The van der Waals surface area contributed by atoms with E-state index in [4.69, 9.17) is 5.73 Å². The molecule has 2 rings (SSSR count). The molecule has 0 heterocycles. The maximum atomic E-state index is 14.1. The van der Waals surface area contributed by atoms with Gasteiger partial charge in [0.1, 0.15) is 5.82 Å². The van der Waals surface area contributed by atoms with Crippen LogP contribution in [0.25, 0.3) is 0 Å². The maximum Gasteiger partial charge on any atom is 0.276 e. The summed E-state index contributed by atoms with van der Waals surface area (Å²) in [5.41, 5.74) is 4.05. The zero-order chi connectivity index (χ0) is 15.0. The van der Waals surface area contributed by atoms with Crippen molar-refractivity contribution in [2.75, 3.05) is 6.54 Å². The summed E-state index contributed by atoms with van der Waals surface area (Å²) in [6.45, 7) is -0.0924. The number of hydrogen-bond donors (Lipinski definition) is 1. The Morgan fingerprint density at radius 3 is 2.35 bits per heavy atom. The van der Waals surface area contributed by atoms with E-state index < -0.39 is 34.9 Å². The van der Waals surface area contributed by atoms with Crippen molar-refractivity contribution in [1.29, 1.82) is 0 Å². The highest BCUT2D eigenvalue weighted by molar-refractivity contribution is 5.47. The van der Waals surface area contributed by atoms with Gasteiger partial charge in [-0.25, -0.2) is 13.2 Å². The van der Waals surface area contributed by atoms with Gasteiger partial charge in [-0.2, -0.15) is 0 Å². The van der Waals surface area contributed by atoms with Crippen molar-refractivity contribution in [3.63, 3.8) is 0 Å². The van der Waals surface area contributed by atoms with E-state index in [-0.39, 0.29) is 30.6 Å². The smallest absolute Gasteiger partial charge is 0.276 e. The lowest BCUT2D eigenvalue weighted by atomic mass is 9.67. The van der Waals surface area contributed by atoms with E-state index in [2.05, 4.69) is 0 Å². The number of alkyl halides is 2. The average Bonchev–Trinajstić information content (AvgIpc) is 2.40. The average molecular weight is 288 g/mol. The summed E-state index contributed by atoms with van der Waals surface area (Å²) in [6, 6.07) is 3.52. The Bertz CT molecular complexity index is 524. The van der Waals surface area contributed by atoms with Gasteiger partial charge in [0, 0.05) is 30.9 Å². The third-order valence-corrected chi connectivity index (χ3v) is 4.05. The van der Waals surface area contributed by atoms with E-state index >= 15 is 0 Å². The van der Waals surface area contributed by atoms with Crippen LogP contribution >= 0.6 is 0 Å². The van der Waals surface area contributed by atoms with Gasteiger partial charge in [-0.3, -0.25) is 10.1 Å². The number of halogens is 3. The number of nitrogens with two attached hydrogens (primary N) is 1. The minimum Gasteiger partial charge on any atom is -0.330 e. The molecular formula is C13H15F3N2O2. The Balaban J connectivity index is 2.50. The standard InChI is InChI=1S/C13H15F3N2O2/c14-9-2-1-3-10(18(19)20)11(9)12(8-17)4-6-13(15,16)7-5-12/h1-3H,4-8,17H2. The van der Waals surface area contributed by atoms with Crippen molar-refractivity contribution in [2.45, 2.75) is 37.0 Å². The molecule has 20 heavy (non-hydrogen) atoms. The van der Waals surface area contributed by atoms with Crippen molar-refractivity contribution in [1.82, 2.24) is 0 Å². The quantitative estimate of drug-likeness (QED) is 0.686. The summed E-state index contributed by atoms with van der Waals surface area (Å²) in [6.07, 6.45) is -0.984. The van der Waals surface area contributed by atoms with Crippen LogP contribution in [0.1, 0.15) is 31.2 Å². The van der Waals surface area contributed by atoms with Gasteiger partial charge in [0.05, 0.1) is 10.5 Å². The van der Waals surface area contributed by atoms with Crippen molar-refractivity contribution in [3.8, 4) is 0 Å². The van der Waals surface area contributed by atoms with Gasteiger partial charge in [-0.05, 0) is 18.9 Å². The number of nitro benzene ring substituents is 1. The first-order valence-corrected chi connectivity index (χ1v) is 6.33. The molecule has 7 heteroatoms. The minimum atomic E-state index is -2.81. The monoisotopic (exact) mass is 288 g/mol. The van der Waals surface area contributed by atoms with Crippen molar-refractivity contribution < 1.29 is 18.1 Å². The summed E-state index contributed by atoms with van der Waals surface area (Å²) < 4.78 is 40.7. The van der Waals surface area contributed by atoms with Crippen LogP contribution in [0, 0.1) is 15.9 Å². The molecule has 110 valence electrons. The predicted molar refractivity (Wildman–Crippen MR) is 67.2 cm³/mol. The first-order valence-electron chi connectivity index (χ1n) is 6.33. The lowest BCUT2D eigenvalue weighted by molar-refractivity contribution is -0.386. The molecule has 1 aromatic carbocycles. The zero-order valence-corrected chi connectivity index (χ0v) is 10.7. The van der Waals surface area contributed by atoms with Gasteiger partial charge in [0.15, 0.2) is 0 Å². The number of nitro groups is 1. The normalized spacial score (nSPS) is 20.6. The predicted octanol–water partition coefficient (Wildman–Crippen LogP) is 3.14. The number of hydrogen-bond acceptors (Lipinski definition) is 3. The van der Waals surface area contributed by atoms with Gasteiger partial charge < -0.3 is 5.73 Å². The topological polar surface area (TPSA) is 69.2 Å². The van der Waals surface area contributed by atoms with Gasteiger partial charge in [0.25, 0.3) is 5.69 Å². The molecule has 1 fully saturated rings. The molecule has 0 bridgehead atoms. The van der Waals surface area contributed by atoms with Crippen LogP contribution < -0.4 is 5.73 Å². The Morgan fingerprint density at radius 1 is 1.25 bits per heavy atom. The zero-order valence-electron chi connectivity index (χ0n) is 10.7. The lowest BCUT2D eigenvalue weighted by Gasteiger charge is -2.39. The number of rotatable bonds is 3. The van der Waals surface area contributed by atoms with E-state index in [1.807, 2.05) is 0 Å². The molecular weight excluding hydrogens is 273 g/mol. The van der Waals surface area contributed by atoms with E-state index in [1.165, 1.54) is 12.1 Å². The molecule has 0 atom stereocenters. The largest absolute Gasteiger partial charge is 0.330 e. The van der Waals surface area contributed by atoms with Gasteiger partial charge in [0.2, 0.25) is 5.92 Å². The van der Waals surface area contributed by atoms with Gasteiger partial charge >= 0.3 is 0 Å². The third-order valence-electron chi connectivity index (χ3n) is 4.05. The third kappa shape index (κ3) is 2.49. The van der Waals surface area contributed by atoms with Crippen molar-refractivity contribution >= 4 is 5.69 Å². The molecule has 2 N–H and O–H groups in total. The maximum absolute atomic E-state index is 14.1. The molecule has 1 aliphatic carbocycles. The van der Waals surface area contributed by atoms with Crippen LogP contribution in [0.4, 0.5) is 18.9 Å². The number of benzene rings is 1. The Kier molecular flexibility index (Phi) is 3.73. The second kappa shape index (κ2) is 5.05. The fraction of sp³-hybridized carbons (Fsp3) is 0.538. The number of nitrogens with zero attached hydrogens (tertiary/aromatic N) is 1. The SMILES string of the molecule is NCC1(c2c(F)cccc2[N+](=O)[O-])CCC(F)(F)CC1. The molecule has 0 saturated heterocycles. The fourth-order valence-electron chi connectivity index (χ4n) is 2.84. The van der Waals surface area contributed by atoms with E-state index in [0.29, 0.717) is 0 Å².